The van der Waals surface area contributed by atoms with Crippen LogP contribution in [0.4, 0.5) is 4.39 Å². The predicted octanol–water partition coefficient (Wildman–Crippen LogP) is 3.01. The summed E-state index contributed by atoms with van der Waals surface area (Å²) in [7, 11) is 0. The van der Waals surface area contributed by atoms with Crippen molar-refractivity contribution in [2.24, 2.45) is 0 Å². The zero-order chi connectivity index (χ0) is 11.5. The Hall–Kier alpha value is -2.03. The highest BCUT2D eigenvalue weighted by Crippen LogP contribution is 2.23. The van der Waals surface area contributed by atoms with Crippen LogP contribution in [0.5, 0.6) is 0 Å². The molecule has 0 amide bonds. The number of carbonyl (C=O) groups is 1. The van der Waals surface area contributed by atoms with Gasteiger partial charge in [-0.2, -0.15) is 0 Å². The smallest absolute Gasteiger partial charge is 0.150 e. The number of aryl methyl sites for hydroxylation is 1. The van der Waals surface area contributed by atoms with Crippen LogP contribution in [0.3, 0.4) is 0 Å². The predicted molar refractivity (Wildman–Crippen MR) is 59.8 cm³/mol. The molecule has 0 saturated heterocycles. The van der Waals surface area contributed by atoms with Crippen LogP contribution in [0.1, 0.15) is 15.9 Å². The Morgan fingerprint density at radius 1 is 1.25 bits per heavy atom. The van der Waals surface area contributed by atoms with E-state index in [-0.39, 0.29) is 0 Å². The fourth-order valence-corrected chi connectivity index (χ4v) is 1.58. The molecule has 0 atom stereocenters. The molecule has 0 aliphatic carbocycles. The Morgan fingerprint density at radius 3 is 2.75 bits per heavy atom. The lowest BCUT2D eigenvalue weighted by atomic mass is 10.00. The maximum Gasteiger partial charge on any atom is 0.150 e. The summed E-state index contributed by atoms with van der Waals surface area (Å²) in [5.41, 5.74) is 2.88. The second-order valence-electron chi connectivity index (χ2n) is 3.60. The summed E-state index contributed by atoms with van der Waals surface area (Å²) in [6.45, 7) is 1.92. The van der Waals surface area contributed by atoms with Gasteiger partial charge in [-0.25, -0.2) is 4.39 Å². The van der Waals surface area contributed by atoms with Gasteiger partial charge in [0.25, 0.3) is 0 Å². The van der Waals surface area contributed by atoms with Crippen molar-refractivity contribution < 1.29 is 9.18 Å². The highest BCUT2D eigenvalue weighted by atomic mass is 19.1. The van der Waals surface area contributed by atoms with E-state index < -0.39 is 5.82 Å². The molecule has 16 heavy (non-hydrogen) atoms. The lowest BCUT2D eigenvalue weighted by Gasteiger charge is -2.05. The molecule has 0 aliphatic rings. The molecule has 0 bridgehead atoms. The number of benzene rings is 1. The Morgan fingerprint density at radius 2 is 2.06 bits per heavy atom. The molecule has 0 saturated carbocycles. The van der Waals surface area contributed by atoms with E-state index >= 15 is 0 Å². The fourth-order valence-electron chi connectivity index (χ4n) is 1.58. The van der Waals surface area contributed by atoms with Gasteiger partial charge in [-0.3, -0.25) is 9.78 Å². The van der Waals surface area contributed by atoms with Gasteiger partial charge in [0.05, 0.1) is 6.20 Å². The van der Waals surface area contributed by atoms with Crippen LogP contribution < -0.4 is 0 Å². The van der Waals surface area contributed by atoms with Gasteiger partial charge in [0.1, 0.15) is 5.82 Å². The van der Waals surface area contributed by atoms with Gasteiger partial charge in [-0.05, 0) is 18.6 Å². The van der Waals surface area contributed by atoms with Crippen molar-refractivity contribution in [1.82, 2.24) is 4.98 Å². The Kier molecular flexibility index (Phi) is 2.77. The summed E-state index contributed by atoms with van der Waals surface area (Å²) in [4.78, 5) is 14.7. The van der Waals surface area contributed by atoms with Crippen LogP contribution in [0.25, 0.3) is 11.1 Å². The van der Waals surface area contributed by atoms with Crippen molar-refractivity contribution in [3.63, 3.8) is 0 Å². The molecule has 0 aliphatic heterocycles. The van der Waals surface area contributed by atoms with E-state index in [1.54, 1.807) is 12.3 Å². The molecule has 0 N–H and O–H groups in total. The number of hydrogen-bond acceptors (Lipinski definition) is 2. The average molecular weight is 215 g/mol. The third-order valence-corrected chi connectivity index (χ3v) is 2.35. The summed E-state index contributed by atoms with van der Waals surface area (Å²) in [5, 5.41) is 0. The van der Waals surface area contributed by atoms with Gasteiger partial charge < -0.3 is 0 Å². The molecular weight excluding hydrogens is 205 g/mol. The molecule has 2 rings (SSSR count). The molecule has 0 radical (unpaired) electrons. The van der Waals surface area contributed by atoms with E-state index in [1.807, 2.05) is 19.1 Å². The second-order valence-corrected chi connectivity index (χ2v) is 3.60. The van der Waals surface area contributed by atoms with Gasteiger partial charge in [0, 0.05) is 17.3 Å². The van der Waals surface area contributed by atoms with E-state index in [0.29, 0.717) is 16.7 Å². The molecule has 1 heterocycles. The number of nitrogens with zero attached hydrogens (tertiary/aromatic N) is 1. The fraction of sp³-hybridized carbons (Fsp3) is 0.0769. The van der Waals surface area contributed by atoms with E-state index in [0.717, 1.165) is 18.0 Å². The number of carbonyl (C=O) groups excluding carboxylic acids is 1. The first-order valence-corrected chi connectivity index (χ1v) is 4.87. The van der Waals surface area contributed by atoms with E-state index in [4.69, 9.17) is 0 Å². The van der Waals surface area contributed by atoms with Crippen molar-refractivity contribution >= 4 is 6.29 Å². The van der Waals surface area contributed by atoms with Crippen molar-refractivity contribution in [3.05, 3.63) is 53.6 Å². The quantitative estimate of drug-likeness (QED) is 0.721. The minimum atomic E-state index is -0.407. The summed E-state index contributed by atoms with van der Waals surface area (Å²) in [6.07, 6.45) is 3.45. The third kappa shape index (κ3) is 1.98. The molecule has 0 spiro atoms. The van der Waals surface area contributed by atoms with Gasteiger partial charge >= 0.3 is 0 Å². The maximum absolute atomic E-state index is 13.0. The van der Waals surface area contributed by atoms with Crippen LogP contribution in [-0.4, -0.2) is 11.3 Å². The summed E-state index contributed by atoms with van der Waals surface area (Å²) in [5.74, 6) is -0.407. The average Bonchev–Trinajstić information content (AvgIpc) is 2.29. The zero-order valence-corrected chi connectivity index (χ0v) is 8.77. The van der Waals surface area contributed by atoms with Crippen LogP contribution in [0.2, 0.25) is 0 Å². The van der Waals surface area contributed by atoms with E-state index in [2.05, 4.69) is 4.98 Å². The van der Waals surface area contributed by atoms with E-state index in [1.165, 1.54) is 6.07 Å². The van der Waals surface area contributed by atoms with E-state index in [9.17, 15) is 9.18 Å². The Bertz CT molecular complexity index is 537. The van der Waals surface area contributed by atoms with Crippen molar-refractivity contribution in [3.8, 4) is 11.1 Å². The topological polar surface area (TPSA) is 30.0 Å². The number of aromatic nitrogens is 1. The Labute approximate surface area is 92.8 Å². The molecule has 2 nitrogen and oxygen atoms in total. The highest BCUT2D eigenvalue weighted by molar-refractivity contribution is 5.87. The zero-order valence-electron chi connectivity index (χ0n) is 8.77. The lowest BCUT2D eigenvalue weighted by molar-refractivity contribution is 0.112. The summed E-state index contributed by atoms with van der Waals surface area (Å²) < 4.78 is 13.0. The minimum Gasteiger partial charge on any atom is -0.298 e. The largest absolute Gasteiger partial charge is 0.298 e. The van der Waals surface area contributed by atoms with Crippen molar-refractivity contribution in [1.29, 1.82) is 0 Å². The minimum absolute atomic E-state index is 0.407. The van der Waals surface area contributed by atoms with Crippen LogP contribution in [0, 0.1) is 12.7 Å². The number of hydrogen-bond donors (Lipinski definition) is 0. The monoisotopic (exact) mass is 215 g/mol. The van der Waals surface area contributed by atoms with Gasteiger partial charge in [-0.1, -0.05) is 23.8 Å². The first-order valence-electron chi connectivity index (χ1n) is 4.87. The molecule has 0 unspecified atom stereocenters. The SMILES string of the molecule is Cc1ccc(C=O)c(-c2cncc(F)c2)c1. The lowest BCUT2D eigenvalue weighted by Crippen LogP contribution is -1.90. The molecule has 0 fully saturated rings. The number of rotatable bonds is 2. The number of pyridine rings is 1. The van der Waals surface area contributed by atoms with Gasteiger partial charge in [-0.15, -0.1) is 0 Å². The summed E-state index contributed by atoms with van der Waals surface area (Å²) >= 11 is 0. The van der Waals surface area contributed by atoms with Crippen molar-refractivity contribution in [2.45, 2.75) is 6.92 Å². The number of halogens is 1. The van der Waals surface area contributed by atoms with Crippen LogP contribution in [-0.2, 0) is 0 Å². The first kappa shape index (κ1) is 10.5. The highest BCUT2D eigenvalue weighted by Gasteiger charge is 2.06. The molecule has 2 aromatic rings. The number of aldehydes is 1. The second kappa shape index (κ2) is 4.23. The van der Waals surface area contributed by atoms with Crippen LogP contribution >= 0.6 is 0 Å². The molecule has 1 aromatic carbocycles. The molecule has 1 aromatic heterocycles. The summed E-state index contributed by atoms with van der Waals surface area (Å²) in [6, 6.07) is 6.79. The normalized spacial score (nSPS) is 10.1. The first-order chi connectivity index (χ1) is 7.70. The van der Waals surface area contributed by atoms with Gasteiger partial charge in [0.2, 0.25) is 0 Å². The molecule has 3 heteroatoms. The molecule has 80 valence electrons. The van der Waals surface area contributed by atoms with Crippen molar-refractivity contribution in [2.75, 3.05) is 0 Å². The van der Waals surface area contributed by atoms with Gasteiger partial charge in [0.15, 0.2) is 6.29 Å². The molecular formula is C13H10FNO. The maximum atomic E-state index is 13.0. The van der Waals surface area contributed by atoms with Crippen LogP contribution in [0.15, 0.2) is 36.7 Å². The standard InChI is InChI=1S/C13H10FNO/c1-9-2-3-10(8-16)13(4-9)11-5-12(14)7-15-6-11/h2-8H,1H3. The Balaban J connectivity index is 2.62. The third-order valence-electron chi connectivity index (χ3n) is 2.35.